The highest BCUT2D eigenvalue weighted by Crippen LogP contribution is 2.26. The van der Waals surface area contributed by atoms with Gasteiger partial charge in [0.05, 0.1) is 18.1 Å². The maximum Gasteiger partial charge on any atom is 0.295 e. The predicted molar refractivity (Wildman–Crippen MR) is 74.3 cm³/mol. The lowest BCUT2D eigenvalue weighted by molar-refractivity contribution is -0.384. The minimum absolute atomic E-state index is 0.0140. The zero-order valence-electron chi connectivity index (χ0n) is 11.5. The number of oxazole rings is 1. The van der Waals surface area contributed by atoms with Crippen LogP contribution >= 0.6 is 0 Å². The summed E-state index contributed by atoms with van der Waals surface area (Å²) in [4.78, 5) is 14.5. The van der Waals surface area contributed by atoms with Gasteiger partial charge in [0.2, 0.25) is 0 Å². The number of anilines is 1. The van der Waals surface area contributed by atoms with E-state index in [0.29, 0.717) is 36.9 Å². The monoisotopic (exact) mass is 293 g/mol. The van der Waals surface area contributed by atoms with E-state index < -0.39 is 4.92 Å². The lowest BCUT2D eigenvalue weighted by Gasteiger charge is -2.25. The van der Waals surface area contributed by atoms with E-state index in [2.05, 4.69) is 10.3 Å². The summed E-state index contributed by atoms with van der Waals surface area (Å²) in [6.45, 7) is 1.68. The van der Waals surface area contributed by atoms with Crippen LogP contribution in [0.4, 0.5) is 11.7 Å². The van der Waals surface area contributed by atoms with E-state index in [1.807, 2.05) is 0 Å². The van der Waals surface area contributed by atoms with Crippen molar-refractivity contribution in [2.75, 3.05) is 32.2 Å². The normalized spacial score (nSPS) is 21.8. The zero-order valence-corrected chi connectivity index (χ0v) is 11.5. The zero-order chi connectivity index (χ0) is 14.9. The van der Waals surface area contributed by atoms with E-state index in [4.69, 9.17) is 13.9 Å². The van der Waals surface area contributed by atoms with Crippen molar-refractivity contribution < 1.29 is 18.8 Å². The van der Waals surface area contributed by atoms with Crippen LogP contribution in [0.3, 0.4) is 0 Å². The summed E-state index contributed by atoms with van der Waals surface area (Å²) >= 11 is 0. The van der Waals surface area contributed by atoms with Crippen LogP contribution in [0.15, 0.2) is 22.6 Å². The number of hydrogen-bond donors (Lipinski definition) is 1. The molecule has 1 unspecified atom stereocenters. The molecule has 21 heavy (non-hydrogen) atoms. The highest BCUT2D eigenvalue weighted by Gasteiger charge is 2.35. The fraction of sp³-hybridized carbons (Fsp3) is 0.462. The van der Waals surface area contributed by atoms with Crippen LogP contribution in [0.25, 0.3) is 11.1 Å². The van der Waals surface area contributed by atoms with Crippen molar-refractivity contribution in [2.24, 2.45) is 0 Å². The van der Waals surface area contributed by atoms with E-state index in [9.17, 15) is 10.1 Å². The lowest BCUT2D eigenvalue weighted by Crippen LogP contribution is -2.39. The highest BCUT2D eigenvalue weighted by molar-refractivity contribution is 5.77. The fourth-order valence-corrected chi connectivity index (χ4v) is 2.30. The number of fused-ring (bicyclic) bond motifs is 1. The molecule has 0 radical (unpaired) electrons. The molecular weight excluding hydrogens is 278 g/mol. The van der Waals surface area contributed by atoms with Crippen LogP contribution in [-0.2, 0) is 9.47 Å². The summed E-state index contributed by atoms with van der Waals surface area (Å²) in [5.74, 6) is 0. The molecule has 8 heteroatoms. The van der Waals surface area contributed by atoms with Crippen molar-refractivity contribution in [1.82, 2.24) is 4.98 Å². The number of nitrogens with zero attached hydrogens (tertiary/aromatic N) is 2. The summed E-state index contributed by atoms with van der Waals surface area (Å²) in [5.41, 5.74) is 0.546. The Morgan fingerprint density at radius 2 is 2.43 bits per heavy atom. The number of hydrogen-bond acceptors (Lipinski definition) is 7. The number of nitrogens with one attached hydrogen (secondary N) is 1. The van der Waals surface area contributed by atoms with Gasteiger partial charge in [-0.05, 0) is 6.07 Å². The SMILES string of the molecule is COC1(CNc2nc3cc([N+](=O)[O-])ccc3o2)CCOC1. The maximum absolute atomic E-state index is 10.7. The van der Waals surface area contributed by atoms with Gasteiger partial charge in [0, 0.05) is 32.3 Å². The van der Waals surface area contributed by atoms with E-state index in [1.165, 1.54) is 18.2 Å². The molecule has 1 aliphatic rings. The first-order valence-electron chi connectivity index (χ1n) is 6.54. The third kappa shape index (κ3) is 2.67. The van der Waals surface area contributed by atoms with Crippen molar-refractivity contribution >= 4 is 22.8 Å². The van der Waals surface area contributed by atoms with E-state index >= 15 is 0 Å². The highest BCUT2D eigenvalue weighted by atomic mass is 16.6. The molecule has 112 valence electrons. The summed E-state index contributed by atoms with van der Waals surface area (Å²) < 4.78 is 16.4. The average molecular weight is 293 g/mol. The molecule has 0 spiro atoms. The van der Waals surface area contributed by atoms with Crippen LogP contribution in [-0.4, -0.2) is 42.4 Å². The first-order valence-corrected chi connectivity index (χ1v) is 6.54. The Bertz CT molecular complexity index is 663. The first kappa shape index (κ1) is 13.8. The fourth-order valence-electron chi connectivity index (χ4n) is 2.30. The third-order valence-corrected chi connectivity index (χ3v) is 3.64. The molecule has 8 nitrogen and oxygen atoms in total. The smallest absolute Gasteiger partial charge is 0.295 e. The van der Waals surface area contributed by atoms with Gasteiger partial charge in [0.1, 0.15) is 11.1 Å². The molecule has 1 aromatic heterocycles. The van der Waals surface area contributed by atoms with Crippen molar-refractivity contribution in [3.8, 4) is 0 Å². The molecule has 1 aliphatic heterocycles. The van der Waals surface area contributed by atoms with Gasteiger partial charge in [0.15, 0.2) is 5.58 Å². The molecule has 1 atom stereocenters. The van der Waals surface area contributed by atoms with E-state index in [0.717, 1.165) is 6.42 Å². The molecule has 1 aromatic carbocycles. The minimum atomic E-state index is -0.461. The van der Waals surface area contributed by atoms with E-state index in [1.54, 1.807) is 7.11 Å². The Labute approximate surface area is 120 Å². The van der Waals surface area contributed by atoms with Gasteiger partial charge in [-0.1, -0.05) is 0 Å². The van der Waals surface area contributed by atoms with Gasteiger partial charge < -0.3 is 19.2 Å². The van der Waals surface area contributed by atoms with Crippen LogP contribution < -0.4 is 5.32 Å². The largest absolute Gasteiger partial charge is 0.424 e. The molecule has 1 N–H and O–H groups in total. The summed E-state index contributed by atoms with van der Waals surface area (Å²) in [6, 6.07) is 4.62. The number of benzene rings is 1. The van der Waals surface area contributed by atoms with Gasteiger partial charge in [-0.2, -0.15) is 4.98 Å². The summed E-state index contributed by atoms with van der Waals surface area (Å²) in [5, 5.41) is 13.8. The van der Waals surface area contributed by atoms with Crippen molar-refractivity contribution in [3.05, 3.63) is 28.3 Å². The molecule has 1 saturated heterocycles. The van der Waals surface area contributed by atoms with Gasteiger partial charge >= 0.3 is 0 Å². The number of methoxy groups -OCH3 is 1. The lowest BCUT2D eigenvalue weighted by atomic mass is 10.0. The molecule has 1 fully saturated rings. The van der Waals surface area contributed by atoms with Crippen LogP contribution in [0, 0.1) is 10.1 Å². The topological polar surface area (TPSA) is 99.7 Å². The van der Waals surface area contributed by atoms with Crippen molar-refractivity contribution in [3.63, 3.8) is 0 Å². The Kier molecular flexibility index (Phi) is 3.48. The summed E-state index contributed by atoms with van der Waals surface area (Å²) in [7, 11) is 1.64. The molecular formula is C13H15N3O5. The van der Waals surface area contributed by atoms with Crippen LogP contribution in [0.5, 0.6) is 0 Å². The molecule has 2 heterocycles. The van der Waals surface area contributed by atoms with Crippen molar-refractivity contribution in [2.45, 2.75) is 12.0 Å². The first-order chi connectivity index (χ1) is 10.1. The molecule has 0 amide bonds. The molecule has 0 bridgehead atoms. The van der Waals surface area contributed by atoms with Crippen molar-refractivity contribution in [1.29, 1.82) is 0 Å². The Morgan fingerprint density at radius 3 is 3.10 bits per heavy atom. The number of ether oxygens (including phenoxy) is 2. The van der Waals surface area contributed by atoms with Gasteiger partial charge in [-0.15, -0.1) is 0 Å². The quantitative estimate of drug-likeness (QED) is 0.664. The number of nitro benzene ring substituents is 1. The maximum atomic E-state index is 10.7. The van der Waals surface area contributed by atoms with Crippen LogP contribution in [0.1, 0.15) is 6.42 Å². The van der Waals surface area contributed by atoms with Gasteiger partial charge in [-0.3, -0.25) is 10.1 Å². The predicted octanol–water partition coefficient (Wildman–Crippen LogP) is 1.95. The minimum Gasteiger partial charge on any atom is -0.424 e. The standard InChI is InChI=1S/C13H15N3O5/c1-19-13(4-5-20-8-13)7-14-12-15-10-6-9(16(17)18)2-3-11(10)21-12/h2-3,6H,4-5,7-8H2,1H3,(H,14,15). The Morgan fingerprint density at radius 1 is 1.57 bits per heavy atom. The Balaban J connectivity index is 1.77. The molecule has 0 saturated carbocycles. The molecule has 3 rings (SSSR count). The van der Waals surface area contributed by atoms with Gasteiger partial charge in [0.25, 0.3) is 11.7 Å². The number of rotatable bonds is 5. The van der Waals surface area contributed by atoms with Crippen LogP contribution in [0.2, 0.25) is 0 Å². The third-order valence-electron chi connectivity index (χ3n) is 3.64. The number of nitro groups is 1. The second-order valence-corrected chi connectivity index (χ2v) is 4.97. The number of aromatic nitrogens is 1. The second kappa shape index (κ2) is 5.30. The Hall–Kier alpha value is -2.19. The second-order valence-electron chi connectivity index (χ2n) is 4.97. The molecule has 0 aliphatic carbocycles. The number of non-ortho nitro benzene ring substituents is 1. The summed E-state index contributed by atoms with van der Waals surface area (Å²) in [6.07, 6.45) is 0.794. The van der Waals surface area contributed by atoms with E-state index in [-0.39, 0.29) is 11.3 Å². The van der Waals surface area contributed by atoms with Gasteiger partial charge in [-0.25, -0.2) is 0 Å². The molecule has 2 aromatic rings. The average Bonchev–Trinajstić information content (AvgIpc) is 3.11.